The smallest absolute Gasteiger partial charge is 0.295 e. The minimum absolute atomic E-state index is 0.0302. The van der Waals surface area contributed by atoms with Crippen molar-refractivity contribution in [2.24, 2.45) is 7.05 Å². The molecule has 0 radical (unpaired) electrons. The largest absolute Gasteiger partial charge is 0.354 e. The SMILES string of the molecule is Cc1c(NC(=O)CSCC(=O)NCC2(c3ccccc3)CCC2)c(=O)n(-c2ccccc2)n1C. The monoisotopic (exact) mass is 478 g/mol. The van der Waals surface area contributed by atoms with Crippen LogP contribution in [0.1, 0.15) is 30.5 Å². The lowest BCUT2D eigenvalue weighted by Crippen LogP contribution is -2.46. The van der Waals surface area contributed by atoms with Crippen molar-refractivity contribution < 1.29 is 9.59 Å². The Bertz CT molecular complexity index is 1210. The van der Waals surface area contributed by atoms with E-state index in [4.69, 9.17) is 0 Å². The highest BCUT2D eigenvalue weighted by Gasteiger charge is 2.38. The molecule has 1 heterocycles. The van der Waals surface area contributed by atoms with Crippen molar-refractivity contribution in [2.75, 3.05) is 23.4 Å². The third kappa shape index (κ3) is 4.97. The van der Waals surface area contributed by atoms with Crippen molar-refractivity contribution in [1.82, 2.24) is 14.7 Å². The minimum atomic E-state index is -0.302. The van der Waals surface area contributed by atoms with Crippen LogP contribution in [-0.4, -0.2) is 39.2 Å². The summed E-state index contributed by atoms with van der Waals surface area (Å²) in [7, 11) is 1.78. The van der Waals surface area contributed by atoms with Crippen molar-refractivity contribution in [3.63, 3.8) is 0 Å². The highest BCUT2D eigenvalue weighted by Crippen LogP contribution is 2.43. The number of benzene rings is 2. The summed E-state index contributed by atoms with van der Waals surface area (Å²) in [4.78, 5) is 37.8. The molecule has 1 saturated carbocycles. The number of amides is 2. The fourth-order valence-electron chi connectivity index (χ4n) is 4.41. The van der Waals surface area contributed by atoms with Gasteiger partial charge in [0.1, 0.15) is 5.69 Å². The first-order valence-electron chi connectivity index (χ1n) is 11.5. The number of nitrogens with zero attached hydrogens (tertiary/aromatic N) is 2. The van der Waals surface area contributed by atoms with Gasteiger partial charge in [-0.15, -0.1) is 11.8 Å². The summed E-state index contributed by atoms with van der Waals surface area (Å²) in [5.74, 6) is -0.0951. The molecule has 1 fully saturated rings. The molecule has 178 valence electrons. The molecule has 7 nitrogen and oxygen atoms in total. The molecule has 34 heavy (non-hydrogen) atoms. The van der Waals surface area contributed by atoms with E-state index in [1.54, 1.807) is 18.7 Å². The van der Waals surface area contributed by atoms with Gasteiger partial charge in [0.15, 0.2) is 0 Å². The summed E-state index contributed by atoms with van der Waals surface area (Å²) in [5.41, 5.74) is 2.67. The number of rotatable bonds is 9. The Balaban J connectivity index is 1.28. The zero-order valence-corrected chi connectivity index (χ0v) is 20.4. The molecule has 0 saturated heterocycles. The normalized spacial score (nSPS) is 14.3. The molecule has 0 spiro atoms. The quantitative estimate of drug-likeness (QED) is 0.494. The Labute approximate surface area is 203 Å². The summed E-state index contributed by atoms with van der Waals surface area (Å²) >= 11 is 1.24. The number of anilines is 1. The van der Waals surface area contributed by atoms with E-state index >= 15 is 0 Å². The van der Waals surface area contributed by atoms with Crippen molar-refractivity contribution in [3.8, 4) is 5.69 Å². The van der Waals surface area contributed by atoms with Crippen LogP contribution in [0.3, 0.4) is 0 Å². The van der Waals surface area contributed by atoms with E-state index in [1.807, 2.05) is 48.5 Å². The molecule has 0 unspecified atom stereocenters. The number of carbonyl (C=O) groups excluding carboxylic acids is 2. The van der Waals surface area contributed by atoms with Gasteiger partial charge in [-0.05, 0) is 37.5 Å². The first-order chi connectivity index (χ1) is 16.4. The fourth-order valence-corrected chi connectivity index (χ4v) is 5.05. The molecule has 8 heteroatoms. The lowest BCUT2D eigenvalue weighted by Gasteiger charge is -2.42. The number of thioether (sulfide) groups is 1. The second-order valence-electron chi connectivity index (χ2n) is 8.75. The van der Waals surface area contributed by atoms with E-state index in [9.17, 15) is 14.4 Å². The molecular weight excluding hydrogens is 448 g/mol. The lowest BCUT2D eigenvalue weighted by atomic mass is 9.64. The zero-order valence-electron chi connectivity index (χ0n) is 19.5. The predicted octanol–water partition coefficient (Wildman–Crippen LogP) is 3.39. The maximum atomic E-state index is 12.9. The summed E-state index contributed by atoms with van der Waals surface area (Å²) in [6.07, 6.45) is 3.32. The molecule has 2 amide bonds. The highest BCUT2D eigenvalue weighted by molar-refractivity contribution is 8.00. The fraction of sp³-hybridized carbons (Fsp3) is 0.346. The van der Waals surface area contributed by atoms with E-state index in [-0.39, 0.29) is 40.0 Å². The maximum Gasteiger partial charge on any atom is 0.295 e. The van der Waals surface area contributed by atoms with Gasteiger partial charge in [0.25, 0.3) is 5.56 Å². The number of hydrogen-bond donors (Lipinski definition) is 2. The molecule has 2 aromatic carbocycles. The van der Waals surface area contributed by atoms with E-state index in [2.05, 4.69) is 22.8 Å². The maximum absolute atomic E-state index is 12.9. The topological polar surface area (TPSA) is 85.1 Å². The van der Waals surface area contributed by atoms with E-state index in [0.29, 0.717) is 12.2 Å². The van der Waals surface area contributed by atoms with Gasteiger partial charge in [-0.3, -0.25) is 19.1 Å². The second kappa shape index (κ2) is 10.3. The van der Waals surface area contributed by atoms with E-state index < -0.39 is 0 Å². The van der Waals surface area contributed by atoms with Crippen molar-refractivity contribution >= 4 is 29.3 Å². The third-order valence-electron chi connectivity index (χ3n) is 6.61. The van der Waals surface area contributed by atoms with Crippen LogP contribution in [0.5, 0.6) is 0 Å². The molecule has 1 aromatic heterocycles. The van der Waals surface area contributed by atoms with Gasteiger partial charge in [-0.1, -0.05) is 55.0 Å². The average molecular weight is 479 g/mol. The van der Waals surface area contributed by atoms with E-state index in [1.165, 1.54) is 28.4 Å². The second-order valence-corrected chi connectivity index (χ2v) is 9.74. The van der Waals surface area contributed by atoms with Crippen LogP contribution >= 0.6 is 11.8 Å². The van der Waals surface area contributed by atoms with Gasteiger partial charge in [0, 0.05) is 19.0 Å². The zero-order chi connectivity index (χ0) is 24.1. The summed E-state index contributed by atoms with van der Waals surface area (Å²) in [5, 5.41) is 5.78. The lowest BCUT2D eigenvalue weighted by molar-refractivity contribution is -0.119. The third-order valence-corrected chi connectivity index (χ3v) is 7.54. The van der Waals surface area contributed by atoms with Crippen LogP contribution in [0.2, 0.25) is 0 Å². The number of carbonyl (C=O) groups is 2. The molecule has 2 N–H and O–H groups in total. The van der Waals surface area contributed by atoms with Crippen molar-refractivity contribution in [3.05, 3.63) is 82.3 Å². The molecule has 0 atom stereocenters. The summed E-state index contributed by atoms with van der Waals surface area (Å²) in [6, 6.07) is 19.6. The molecule has 0 bridgehead atoms. The van der Waals surface area contributed by atoms with E-state index in [0.717, 1.165) is 18.5 Å². The first kappa shape index (κ1) is 23.9. The van der Waals surface area contributed by atoms with Crippen LogP contribution in [0.15, 0.2) is 65.5 Å². The molecule has 0 aliphatic heterocycles. The Morgan fingerprint density at radius 3 is 2.21 bits per heavy atom. The average Bonchev–Trinajstić information content (AvgIpc) is 3.02. The van der Waals surface area contributed by atoms with Gasteiger partial charge in [-0.2, -0.15) is 0 Å². The molecule has 1 aliphatic rings. The molecule has 3 aromatic rings. The van der Waals surface area contributed by atoms with Crippen LogP contribution in [0, 0.1) is 6.92 Å². The Hall–Kier alpha value is -3.26. The van der Waals surface area contributed by atoms with Gasteiger partial charge in [-0.25, -0.2) is 4.68 Å². The predicted molar refractivity (Wildman–Crippen MR) is 137 cm³/mol. The summed E-state index contributed by atoms with van der Waals surface area (Å²) in [6.45, 7) is 2.41. The molecular formula is C26H30N4O3S. The highest BCUT2D eigenvalue weighted by atomic mass is 32.2. The standard InChI is InChI=1S/C26H30N4O3S/c1-19-24(25(33)30(29(19)2)21-12-7-4-8-13-21)28-23(32)17-34-16-22(31)27-18-26(14-9-15-26)20-10-5-3-6-11-20/h3-8,10-13H,9,14-18H2,1-2H3,(H,27,31)(H,28,32). The Morgan fingerprint density at radius 2 is 1.59 bits per heavy atom. The Kier molecular flexibility index (Phi) is 7.26. The molecule has 4 rings (SSSR count). The number of hydrogen-bond acceptors (Lipinski definition) is 4. The van der Waals surface area contributed by atoms with Gasteiger partial charge < -0.3 is 10.6 Å². The van der Waals surface area contributed by atoms with Crippen molar-refractivity contribution in [1.29, 1.82) is 0 Å². The van der Waals surface area contributed by atoms with Gasteiger partial charge in [0.2, 0.25) is 11.8 Å². The van der Waals surface area contributed by atoms with Crippen LogP contribution in [0.4, 0.5) is 5.69 Å². The number of nitrogens with one attached hydrogen (secondary N) is 2. The van der Waals surface area contributed by atoms with Gasteiger partial charge >= 0.3 is 0 Å². The van der Waals surface area contributed by atoms with Crippen LogP contribution in [-0.2, 0) is 22.1 Å². The number of aromatic nitrogens is 2. The van der Waals surface area contributed by atoms with Crippen molar-refractivity contribution in [2.45, 2.75) is 31.6 Å². The van der Waals surface area contributed by atoms with Crippen LogP contribution < -0.4 is 16.2 Å². The Morgan fingerprint density at radius 1 is 0.971 bits per heavy atom. The minimum Gasteiger partial charge on any atom is -0.354 e. The first-order valence-corrected chi connectivity index (χ1v) is 12.6. The number of para-hydroxylation sites is 1. The summed E-state index contributed by atoms with van der Waals surface area (Å²) < 4.78 is 3.24. The van der Waals surface area contributed by atoms with Gasteiger partial charge in [0.05, 0.1) is 22.9 Å². The molecule has 1 aliphatic carbocycles. The van der Waals surface area contributed by atoms with Crippen LogP contribution in [0.25, 0.3) is 5.69 Å².